The molecule has 0 aliphatic rings. The molecule has 0 fully saturated rings. The van der Waals surface area contributed by atoms with Gasteiger partial charge in [-0.05, 0) is 48.5 Å². The number of hydrogen-bond acceptors (Lipinski definition) is 6. The molecule has 0 aliphatic heterocycles. The quantitative estimate of drug-likeness (QED) is 0.396. The van der Waals surface area contributed by atoms with Crippen molar-refractivity contribution in [2.75, 3.05) is 10.6 Å². The molecule has 0 spiro atoms. The first kappa shape index (κ1) is 21.1. The van der Waals surface area contributed by atoms with Crippen LogP contribution in [0.2, 0.25) is 0 Å². The fourth-order valence-electron chi connectivity index (χ4n) is 3.64. The Morgan fingerprint density at radius 2 is 1.85 bits per heavy atom. The highest BCUT2D eigenvalue weighted by Crippen LogP contribution is 2.26. The molecular weight excluding hydrogens is 432 g/mol. The molecule has 2 amide bonds. The summed E-state index contributed by atoms with van der Waals surface area (Å²) in [4.78, 5) is 33.7. The van der Waals surface area contributed by atoms with Crippen LogP contribution in [0, 0.1) is 0 Å². The topological polar surface area (TPSA) is 115 Å². The molecule has 1 aromatic carbocycles. The van der Waals surface area contributed by atoms with Gasteiger partial charge in [0.05, 0.1) is 29.1 Å². The predicted octanol–water partition coefficient (Wildman–Crippen LogP) is 4.35. The highest BCUT2D eigenvalue weighted by Gasteiger charge is 2.18. The van der Waals surface area contributed by atoms with Crippen LogP contribution >= 0.6 is 0 Å². The van der Waals surface area contributed by atoms with E-state index < -0.39 is 0 Å². The van der Waals surface area contributed by atoms with Crippen molar-refractivity contribution in [2.24, 2.45) is 0 Å². The van der Waals surface area contributed by atoms with Crippen LogP contribution in [0.1, 0.15) is 23.0 Å². The summed E-state index contributed by atoms with van der Waals surface area (Å²) in [6.07, 6.45) is 6.60. The second kappa shape index (κ2) is 8.99. The van der Waals surface area contributed by atoms with Crippen molar-refractivity contribution in [3.63, 3.8) is 0 Å². The first-order valence-electron chi connectivity index (χ1n) is 10.6. The Bertz CT molecular complexity index is 1480. The molecule has 5 aromatic rings. The highest BCUT2D eigenvalue weighted by molar-refractivity contribution is 6.12. The zero-order chi connectivity index (χ0) is 23.5. The molecule has 4 heterocycles. The molecule has 0 atom stereocenters. The number of aromatic nitrogens is 4. The lowest BCUT2D eigenvalue weighted by Gasteiger charge is -2.10. The lowest BCUT2D eigenvalue weighted by Crippen LogP contribution is -2.14. The summed E-state index contributed by atoms with van der Waals surface area (Å²) in [6, 6.07) is 16.0. The van der Waals surface area contributed by atoms with Crippen LogP contribution in [0.5, 0.6) is 0 Å². The molecule has 5 rings (SSSR count). The van der Waals surface area contributed by atoms with Gasteiger partial charge in [-0.15, -0.1) is 0 Å². The monoisotopic (exact) mass is 452 g/mol. The van der Waals surface area contributed by atoms with Crippen molar-refractivity contribution in [1.29, 1.82) is 0 Å². The van der Waals surface area contributed by atoms with Crippen molar-refractivity contribution in [3.8, 4) is 11.3 Å². The standard InChI is InChI=1S/C25H20N6O3/c1-16(32)28-18-6-2-7-19(11-18)29-25(33)21-12-23(17-5-3-9-26-13-17)30-24-22(21)14-27-31(24)15-20-8-4-10-34-20/h2-14H,15H2,1H3,(H,28,32)(H,29,33). The van der Waals surface area contributed by atoms with Gasteiger partial charge in [0.2, 0.25) is 5.91 Å². The Kier molecular flexibility index (Phi) is 5.57. The Labute approximate surface area is 194 Å². The van der Waals surface area contributed by atoms with Gasteiger partial charge in [0.15, 0.2) is 5.65 Å². The van der Waals surface area contributed by atoms with Crippen molar-refractivity contribution < 1.29 is 14.0 Å². The molecule has 0 aliphatic carbocycles. The Balaban J connectivity index is 1.56. The molecular formula is C25H20N6O3. The van der Waals surface area contributed by atoms with Crippen LogP contribution < -0.4 is 10.6 Å². The van der Waals surface area contributed by atoms with E-state index in [1.807, 2.05) is 24.3 Å². The van der Waals surface area contributed by atoms with Gasteiger partial charge in [-0.1, -0.05) is 6.07 Å². The van der Waals surface area contributed by atoms with E-state index in [2.05, 4.69) is 20.7 Å². The third-order valence-corrected chi connectivity index (χ3v) is 5.14. The number of carbonyl (C=O) groups excluding carboxylic acids is 2. The first-order valence-corrected chi connectivity index (χ1v) is 10.6. The third-order valence-electron chi connectivity index (χ3n) is 5.14. The summed E-state index contributed by atoms with van der Waals surface area (Å²) in [7, 11) is 0. The fraction of sp³-hybridized carbons (Fsp3) is 0.0800. The maximum Gasteiger partial charge on any atom is 0.256 e. The first-order chi connectivity index (χ1) is 16.6. The summed E-state index contributed by atoms with van der Waals surface area (Å²) >= 11 is 0. The van der Waals surface area contributed by atoms with Crippen LogP contribution in [0.25, 0.3) is 22.3 Å². The number of nitrogens with zero attached hydrogens (tertiary/aromatic N) is 4. The van der Waals surface area contributed by atoms with Gasteiger partial charge in [-0.3, -0.25) is 14.6 Å². The van der Waals surface area contributed by atoms with E-state index in [0.29, 0.717) is 40.2 Å². The van der Waals surface area contributed by atoms with E-state index in [1.54, 1.807) is 59.9 Å². The van der Waals surface area contributed by atoms with Gasteiger partial charge in [0.1, 0.15) is 12.3 Å². The summed E-state index contributed by atoms with van der Waals surface area (Å²) < 4.78 is 7.15. The van der Waals surface area contributed by atoms with Gasteiger partial charge in [-0.2, -0.15) is 5.10 Å². The van der Waals surface area contributed by atoms with Crippen molar-refractivity contribution in [3.05, 3.63) is 90.8 Å². The van der Waals surface area contributed by atoms with Crippen LogP contribution in [-0.4, -0.2) is 31.6 Å². The number of carbonyl (C=O) groups is 2. The number of rotatable bonds is 6. The van der Waals surface area contributed by atoms with Crippen LogP contribution in [0.4, 0.5) is 11.4 Å². The van der Waals surface area contributed by atoms with Gasteiger partial charge in [0, 0.05) is 36.3 Å². The molecule has 9 heteroatoms. The van der Waals surface area contributed by atoms with Crippen molar-refractivity contribution in [1.82, 2.24) is 19.7 Å². The lowest BCUT2D eigenvalue weighted by molar-refractivity contribution is -0.114. The van der Waals surface area contributed by atoms with Crippen molar-refractivity contribution >= 4 is 34.2 Å². The molecule has 0 bridgehead atoms. The largest absolute Gasteiger partial charge is 0.467 e. The maximum atomic E-state index is 13.4. The molecule has 2 N–H and O–H groups in total. The number of furan rings is 1. The normalized spacial score (nSPS) is 10.9. The number of fused-ring (bicyclic) bond motifs is 1. The fourth-order valence-corrected chi connectivity index (χ4v) is 3.64. The van der Waals surface area contributed by atoms with Crippen molar-refractivity contribution in [2.45, 2.75) is 13.5 Å². The minimum absolute atomic E-state index is 0.190. The lowest BCUT2D eigenvalue weighted by atomic mass is 10.1. The number of nitrogens with one attached hydrogen (secondary N) is 2. The molecule has 0 saturated heterocycles. The van der Waals surface area contributed by atoms with Gasteiger partial charge < -0.3 is 15.1 Å². The zero-order valence-corrected chi connectivity index (χ0v) is 18.2. The van der Waals surface area contributed by atoms with Crippen LogP contribution in [0.15, 0.2) is 83.9 Å². The van der Waals surface area contributed by atoms with E-state index in [0.717, 1.165) is 11.3 Å². The number of amides is 2. The van der Waals surface area contributed by atoms with Gasteiger partial charge >= 0.3 is 0 Å². The van der Waals surface area contributed by atoms with Gasteiger partial charge in [-0.25, -0.2) is 9.67 Å². The highest BCUT2D eigenvalue weighted by atomic mass is 16.3. The molecule has 34 heavy (non-hydrogen) atoms. The number of hydrogen-bond donors (Lipinski definition) is 2. The minimum Gasteiger partial charge on any atom is -0.467 e. The summed E-state index contributed by atoms with van der Waals surface area (Å²) in [5.74, 6) is 0.207. The summed E-state index contributed by atoms with van der Waals surface area (Å²) in [6.45, 7) is 1.80. The number of anilines is 2. The van der Waals surface area contributed by atoms with Gasteiger partial charge in [0.25, 0.3) is 5.91 Å². The smallest absolute Gasteiger partial charge is 0.256 e. The molecule has 0 saturated carbocycles. The average molecular weight is 452 g/mol. The molecule has 0 radical (unpaired) electrons. The molecule has 0 unspecified atom stereocenters. The van der Waals surface area contributed by atoms with E-state index in [4.69, 9.17) is 9.40 Å². The zero-order valence-electron chi connectivity index (χ0n) is 18.2. The predicted molar refractivity (Wildman–Crippen MR) is 127 cm³/mol. The SMILES string of the molecule is CC(=O)Nc1cccc(NC(=O)c2cc(-c3cccnc3)nc3c2cnn3Cc2ccco2)c1. The van der Waals surface area contributed by atoms with Crippen LogP contribution in [0.3, 0.4) is 0 Å². The number of benzene rings is 1. The van der Waals surface area contributed by atoms with Crippen LogP contribution in [-0.2, 0) is 11.3 Å². The Morgan fingerprint density at radius 1 is 1.00 bits per heavy atom. The average Bonchev–Trinajstić information content (AvgIpc) is 3.49. The van der Waals surface area contributed by atoms with E-state index in [-0.39, 0.29) is 11.8 Å². The Morgan fingerprint density at radius 3 is 2.59 bits per heavy atom. The number of pyridine rings is 2. The second-order valence-corrected chi connectivity index (χ2v) is 7.63. The van der Waals surface area contributed by atoms with E-state index >= 15 is 0 Å². The molecule has 168 valence electrons. The van der Waals surface area contributed by atoms with E-state index in [9.17, 15) is 9.59 Å². The summed E-state index contributed by atoms with van der Waals surface area (Å²) in [5, 5.41) is 10.7. The summed E-state index contributed by atoms with van der Waals surface area (Å²) in [5.41, 5.74) is 3.48. The third kappa shape index (κ3) is 4.40. The second-order valence-electron chi connectivity index (χ2n) is 7.63. The molecule has 4 aromatic heterocycles. The van der Waals surface area contributed by atoms with E-state index in [1.165, 1.54) is 6.92 Å². The maximum absolute atomic E-state index is 13.4. The minimum atomic E-state index is -0.324. The molecule has 9 nitrogen and oxygen atoms in total. The Hall–Kier alpha value is -4.79.